The van der Waals surface area contributed by atoms with Crippen molar-refractivity contribution < 1.29 is 18.7 Å². The Bertz CT molecular complexity index is 682. The third kappa shape index (κ3) is 4.97. The van der Waals surface area contributed by atoms with Crippen LogP contribution in [-0.4, -0.2) is 60.9 Å². The predicted molar refractivity (Wildman–Crippen MR) is 100 cm³/mol. The predicted octanol–water partition coefficient (Wildman–Crippen LogP) is 2.03. The van der Waals surface area contributed by atoms with Crippen molar-refractivity contribution in [3.05, 3.63) is 29.6 Å². The van der Waals surface area contributed by atoms with E-state index in [1.54, 1.807) is 4.90 Å². The van der Waals surface area contributed by atoms with E-state index in [0.29, 0.717) is 51.4 Å². The number of hydrogen-bond donors (Lipinski definition) is 1. The zero-order chi connectivity index (χ0) is 19.2. The summed E-state index contributed by atoms with van der Waals surface area (Å²) in [5, 5.41) is 0. The number of hydrogen-bond acceptors (Lipinski definition) is 4. The van der Waals surface area contributed by atoms with Gasteiger partial charge < -0.3 is 20.3 Å². The zero-order valence-corrected chi connectivity index (χ0v) is 15.7. The molecule has 1 unspecified atom stereocenters. The fraction of sp³-hybridized carbons (Fsp3) is 0.600. The van der Waals surface area contributed by atoms with Gasteiger partial charge >= 0.3 is 0 Å². The molecule has 7 heteroatoms. The average Bonchev–Trinajstić information content (AvgIpc) is 3.07. The summed E-state index contributed by atoms with van der Waals surface area (Å²) < 4.78 is 19.4. The van der Waals surface area contributed by atoms with Crippen LogP contribution >= 0.6 is 0 Å². The summed E-state index contributed by atoms with van der Waals surface area (Å²) in [7, 11) is 0. The molecule has 3 rings (SSSR count). The van der Waals surface area contributed by atoms with Crippen LogP contribution in [0, 0.1) is 11.7 Å². The number of halogens is 1. The molecule has 0 spiro atoms. The fourth-order valence-electron chi connectivity index (χ4n) is 3.84. The van der Waals surface area contributed by atoms with Crippen LogP contribution in [0.4, 0.5) is 4.39 Å². The van der Waals surface area contributed by atoms with Crippen molar-refractivity contribution in [2.45, 2.75) is 32.1 Å². The summed E-state index contributed by atoms with van der Waals surface area (Å²) in [4.78, 5) is 28.6. The van der Waals surface area contributed by atoms with Crippen molar-refractivity contribution in [2.24, 2.45) is 11.7 Å². The molecular weight excluding hydrogens is 349 g/mol. The van der Waals surface area contributed by atoms with Gasteiger partial charge in [-0.2, -0.15) is 0 Å². The molecule has 2 amide bonds. The Morgan fingerprint density at radius 3 is 2.89 bits per heavy atom. The highest BCUT2D eigenvalue weighted by Crippen LogP contribution is 2.26. The van der Waals surface area contributed by atoms with Crippen LogP contribution in [0.1, 0.15) is 42.5 Å². The number of nitrogens with two attached hydrogens (primary N) is 1. The first-order valence-corrected chi connectivity index (χ1v) is 9.78. The van der Waals surface area contributed by atoms with Crippen LogP contribution in [0.3, 0.4) is 0 Å². The highest BCUT2D eigenvalue weighted by atomic mass is 19.1. The Kier molecular flexibility index (Phi) is 6.66. The minimum absolute atomic E-state index is 0.208. The van der Waals surface area contributed by atoms with Crippen LogP contribution in [0.5, 0.6) is 5.75 Å². The molecule has 2 fully saturated rings. The molecule has 1 atom stereocenters. The summed E-state index contributed by atoms with van der Waals surface area (Å²) in [5.41, 5.74) is 5.74. The standard InChI is InChI=1S/C20H28FN3O3/c21-16-6-7-18(27-11-3-8-22)17(12-16)20(26)24-10-1-4-15(14-24)13-23-9-2-5-19(23)25/h6-7,12,15H,1-5,8-11,13-14,22H2. The number of ether oxygens (including phenoxy) is 1. The molecule has 2 heterocycles. The number of amides is 2. The Morgan fingerprint density at radius 1 is 1.30 bits per heavy atom. The topological polar surface area (TPSA) is 75.9 Å². The molecule has 0 aromatic heterocycles. The second kappa shape index (κ2) is 9.17. The number of nitrogens with zero attached hydrogens (tertiary/aromatic N) is 2. The molecule has 27 heavy (non-hydrogen) atoms. The van der Waals surface area contributed by atoms with Crippen LogP contribution in [-0.2, 0) is 4.79 Å². The lowest BCUT2D eigenvalue weighted by Crippen LogP contribution is -2.44. The maximum absolute atomic E-state index is 13.8. The molecule has 0 radical (unpaired) electrons. The lowest BCUT2D eigenvalue weighted by Gasteiger charge is -2.35. The molecule has 148 valence electrons. The van der Waals surface area contributed by atoms with Gasteiger partial charge in [0.15, 0.2) is 0 Å². The van der Waals surface area contributed by atoms with Gasteiger partial charge in [0, 0.05) is 32.6 Å². The minimum Gasteiger partial charge on any atom is -0.493 e. The monoisotopic (exact) mass is 377 g/mol. The van der Waals surface area contributed by atoms with Crippen molar-refractivity contribution in [3.63, 3.8) is 0 Å². The first-order chi connectivity index (χ1) is 13.1. The molecular formula is C20H28FN3O3. The van der Waals surface area contributed by atoms with Crippen LogP contribution in [0.2, 0.25) is 0 Å². The molecule has 0 saturated carbocycles. The molecule has 2 N–H and O–H groups in total. The van der Waals surface area contributed by atoms with Crippen molar-refractivity contribution in [3.8, 4) is 5.75 Å². The largest absolute Gasteiger partial charge is 0.493 e. The van der Waals surface area contributed by atoms with Crippen LogP contribution < -0.4 is 10.5 Å². The SMILES string of the molecule is NCCCOc1ccc(F)cc1C(=O)N1CCCC(CN2CCCC2=O)C1. The zero-order valence-electron chi connectivity index (χ0n) is 15.7. The molecule has 2 saturated heterocycles. The van der Waals surface area contributed by atoms with E-state index in [2.05, 4.69) is 0 Å². The fourth-order valence-corrected chi connectivity index (χ4v) is 3.84. The Morgan fingerprint density at radius 2 is 2.15 bits per heavy atom. The van der Waals surface area contributed by atoms with E-state index in [-0.39, 0.29) is 23.3 Å². The first-order valence-electron chi connectivity index (χ1n) is 9.78. The summed E-state index contributed by atoms with van der Waals surface area (Å²) >= 11 is 0. The van der Waals surface area contributed by atoms with Gasteiger partial charge in [0.05, 0.1) is 12.2 Å². The maximum atomic E-state index is 13.8. The van der Waals surface area contributed by atoms with E-state index in [1.807, 2.05) is 4.90 Å². The summed E-state index contributed by atoms with van der Waals surface area (Å²) in [6.07, 6.45) is 4.09. The van der Waals surface area contributed by atoms with Gasteiger partial charge in [0.2, 0.25) is 5.91 Å². The van der Waals surface area contributed by atoms with E-state index in [0.717, 1.165) is 25.8 Å². The number of benzene rings is 1. The number of carbonyl (C=O) groups excluding carboxylic acids is 2. The molecule has 1 aromatic carbocycles. The first kappa shape index (κ1) is 19.6. The molecule has 6 nitrogen and oxygen atoms in total. The van der Waals surface area contributed by atoms with Crippen molar-refractivity contribution in [1.29, 1.82) is 0 Å². The maximum Gasteiger partial charge on any atom is 0.257 e. The Hall–Kier alpha value is -2.15. The van der Waals surface area contributed by atoms with Crippen LogP contribution in [0.15, 0.2) is 18.2 Å². The summed E-state index contributed by atoms with van der Waals surface area (Å²) in [5.74, 6) is 0.196. The average molecular weight is 377 g/mol. The Balaban J connectivity index is 1.67. The normalized spacial score (nSPS) is 20.2. The van der Waals surface area contributed by atoms with E-state index in [1.165, 1.54) is 18.2 Å². The van der Waals surface area contributed by atoms with Crippen molar-refractivity contribution in [2.75, 3.05) is 39.3 Å². The number of piperidine rings is 1. The quantitative estimate of drug-likeness (QED) is 0.738. The van der Waals surface area contributed by atoms with Gasteiger partial charge in [-0.15, -0.1) is 0 Å². The highest BCUT2D eigenvalue weighted by Gasteiger charge is 2.30. The molecule has 0 aliphatic carbocycles. The van der Waals surface area contributed by atoms with Gasteiger partial charge in [-0.05, 0) is 56.3 Å². The number of rotatable bonds is 7. The second-order valence-electron chi connectivity index (χ2n) is 7.33. The van der Waals surface area contributed by atoms with Gasteiger partial charge in [0.25, 0.3) is 5.91 Å². The van der Waals surface area contributed by atoms with Gasteiger partial charge in [-0.1, -0.05) is 0 Å². The van der Waals surface area contributed by atoms with Gasteiger partial charge in [0.1, 0.15) is 11.6 Å². The lowest BCUT2D eigenvalue weighted by molar-refractivity contribution is -0.128. The number of likely N-dealkylation sites (tertiary alicyclic amines) is 2. The minimum atomic E-state index is -0.458. The van der Waals surface area contributed by atoms with Gasteiger partial charge in [-0.25, -0.2) is 4.39 Å². The van der Waals surface area contributed by atoms with E-state index < -0.39 is 5.82 Å². The second-order valence-corrected chi connectivity index (χ2v) is 7.33. The highest BCUT2D eigenvalue weighted by molar-refractivity contribution is 5.97. The third-order valence-corrected chi connectivity index (χ3v) is 5.23. The summed E-state index contributed by atoms with van der Waals surface area (Å²) in [6, 6.07) is 4.05. The van der Waals surface area contributed by atoms with Crippen LogP contribution in [0.25, 0.3) is 0 Å². The Labute approximate surface area is 159 Å². The van der Waals surface area contributed by atoms with E-state index in [9.17, 15) is 14.0 Å². The molecule has 2 aliphatic heterocycles. The smallest absolute Gasteiger partial charge is 0.257 e. The van der Waals surface area contributed by atoms with E-state index >= 15 is 0 Å². The van der Waals surface area contributed by atoms with Crippen molar-refractivity contribution in [1.82, 2.24) is 9.80 Å². The van der Waals surface area contributed by atoms with Gasteiger partial charge in [-0.3, -0.25) is 9.59 Å². The lowest BCUT2D eigenvalue weighted by atomic mass is 9.96. The molecule has 2 aliphatic rings. The number of carbonyl (C=O) groups is 2. The third-order valence-electron chi connectivity index (χ3n) is 5.23. The summed E-state index contributed by atoms with van der Waals surface area (Å²) in [6.45, 7) is 3.62. The molecule has 0 bridgehead atoms. The van der Waals surface area contributed by atoms with Crippen molar-refractivity contribution >= 4 is 11.8 Å². The molecule has 1 aromatic rings. The van der Waals surface area contributed by atoms with E-state index in [4.69, 9.17) is 10.5 Å².